The smallest absolute Gasteiger partial charge is 0.253 e. The normalized spacial score (nSPS) is 21.6. The van der Waals surface area contributed by atoms with E-state index in [0.29, 0.717) is 28.7 Å². The lowest BCUT2D eigenvalue weighted by Gasteiger charge is -2.40. The number of carbonyl (C=O) groups is 1. The van der Waals surface area contributed by atoms with Crippen molar-refractivity contribution in [1.82, 2.24) is 9.80 Å². The molecule has 3 nitrogen and oxygen atoms in total. The number of halogens is 3. The predicted octanol–water partition coefficient (Wildman–Crippen LogP) is 8.41. The number of fused-ring (bicyclic) bond motifs is 2. The third-order valence-corrected chi connectivity index (χ3v) is 9.43. The Morgan fingerprint density at radius 3 is 2.28 bits per heavy atom. The third-order valence-electron chi connectivity index (χ3n) is 8.69. The highest BCUT2D eigenvalue weighted by molar-refractivity contribution is 6.42. The van der Waals surface area contributed by atoms with Crippen LogP contribution in [0.2, 0.25) is 10.0 Å². The molecule has 0 N–H and O–H groups in total. The van der Waals surface area contributed by atoms with Gasteiger partial charge in [-0.15, -0.1) is 0 Å². The standard InChI is InChI=1S/C33H37Cl2FN2O/c1-21-14-22(2)16-26(15-21)33(39)37(3)20-24(23-8-11-30(34)31(35)19-23)12-13-38-27-9-10-28(38)18-25(17-27)29-6-4-5-7-32(29)36/h4-8,11,14-16,19,24-25,27-28H,9-10,12-13,17-18,20H2,1-3H3. The zero-order chi connectivity index (χ0) is 27.7. The largest absolute Gasteiger partial charge is 0.341 e. The molecule has 5 rings (SSSR count). The van der Waals surface area contributed by atoms with Gasteiger partial charge in [0.05, 0.1) is 10.0 Å². The molecular formula is C33H37Cl2FN2O. The highest BCUT2D eigenvalue weighted by Gasteiger charge is 2.41. The Morgan fingerprint density at radius 1 is 0.974 bits per heavy atom. The van der Waals surface area contributed by atoms with Crippen molar-refractivity contribution in [2.24, 2.45) is 0 Å². The average molecular weight is 568 g/mol. The van der Waals surface area contributed by atoms with Gasteiger partial charge < -0.3 is 4.90 Å². The van der Waals surface area contributed by atoms with Gasteiger partial charge in [0.15, 0.2) is 0 Å². The van der Waals surface area contributed by atoms with Gasteiger partial charge in [-0.25, -0.2) is 4.39 Å². The van der Waals surface area contributed by atoms with Crippen LogP contribution in [0.1, 0.15) is 76.6 Å². The fourth-order valence-electron chi connectivity index (χ4n) is 6.87. The first-order chi connectivity index (χ1) is 18.7. The van der Waals surface area contributed by atoms with Crippen LogP contribution in [0.15, 0.2) is 60.7 Å². The first-order valence-corrected chi connectivity index (χ1v) is 14.7. The number of piperidine rings is 1. The van der Waals surface area contributed by atoms with Gasteiger partial charge in [0.25, 0.3) is 5.91 Å². The van der Waals surface area contributed by atoms with Gasteiger partial charge in [-0.2, -0.15) is 0 Å². The zero-order valence-corrected chi connectivity index (χ0v) is 24.5. The van der Waals surface area contributed by atoms with E-state index in [9.17, 15) is 9.18 Å². The maximum Gasteiger partial charge on any atom is 0.253 e. The number of likely N-dealkylation sites (N-methyl/N-ethyl adjacent to an activating group) is 1. The summed E-state index contributed by atoms with van der Waals surface area (Å²) in [4.78, 5) is 17.9. The van der Waals surface area contributed by atoms with Crippen LogP contribution in [0.5, 0.6) is 0 Å². The molecule has 206 valence electrons. The SMILES string of the molecule is Cc1cc(C)cc(C(=O)N(C)CC(CCN2C3CCC2CC(c2ccccc2F)C3)c2ccc(Cl)c(Cl)c2)c1. The van der Waals surface area contributed by atoms with Crippen LogP contribution >= 0.6 is 23.2 Å². The molecule has 0 aromatic heterocycles. The molecule has 2 aliphatic rings. The molecule has 2 fully saturated rings. The van der Waals surface area contributed by atoms with Crippen molar-refractivity contribution in [3.05, 3.63) is 104 Å². The van der Waals surface area contributed by atoms with Crippen molar-refractivity contribution < 1.29 is 9.18 Å². The van der Waals surface area contributed by atoms with Crippen molar-refractivity contribution in [3.8, 4) is 0 Å². The highest BCUT2D eigenvalue weighted by atomic mass is 35.5. The van der Waals surface area contributed by atoms with Crippen LogP contribution < -0.4 is 0 Å². The molecule has 0 radical (unpaired) electrons. The van der Waals surface area contributed by atoms with Crippen LogP contribution in [0, 0.1) is 19.7 Å². The van der Waals surface area contributed by atoms with Crippen molar-refractivity contribution in [2.45, 2.75) is 69.9 Å². The lowest BCUT2D eigenvalue weighted by Crippen LogP contribution is -2.43. The van der Waals surface area contributed by atoms with Gasteiger partial charge in [0.1, 0.15) is 5.82 Å². The summed E-state index contributed by atoms with van der Waals surface area (Å²) < 4.78 is 14.5. The summed E-state index contributed by atoms with van der Waals surface area (Å²) in [6.07, 6.45) is 5.23. The molecule has 1 amide bonds. The van der Waals surface area contributed by atoms with Crippen LogP contribution in [0.4, 0.5) is 4.39 Å². The van der Waals surface area contributed by atoms with E-state index in [1.54, 1.807) is 12.1 Å². The number of rotatable bonds is 8. The van der Waals surface area contributed by atoms with Gasteiger partial charge >= 0.3 is 0 Å². The van der Waals surface area contributed by atoms with E-state index < -0.39 is 0 Å². The second-order valence-corrected chi connectivity index (χ2v) is 12.3. The molecule has 2 saturated heterocycles. The lowest BCUT2D eigenvalue weighted by atomic mass is 9.84. The Labute approximate surface area is 241 Å². The quantitative estimate of drug-likeness (QED) is 0.273. The molecule has 2 aliphatic heterocycles. The minimum Gasteiger partial charge on any atom is -0.341 e. The molecule has 3 atom stereocenters. The Hall–Kier alpha value is -2.40. The topological polar surface area (TPSA) is 23.6 Å². The summed E-state index contributed by atoms with van der Waals surface area (Å²) in [5.74, 6) is 0.347. The Morgan fingerprint density at radius 2 is 1.64 bits per heavy atom. The van der Waals surface area contributed by atoms with E-state index in [1.165, 1.54) is 0 Å². The average Bonchev–Trinajstić information content (AvgIpc) is 3.13. The fraction of sp³-hybridized carbons (Fsp3) is 0.424. The molecular weight excluding hydrogens is 530 g/mol. The van der Waals surface area contributed by atoms with Crippen molar-refractivity contribution >= 4 is 29.1 Å². The summed E-state index contributed by atoms with van der Waals surface area (Å²) in [5.41, 5.74) is 4.85. The summed E-state index contributed by atoms with van der Waals surface area (Å²) >= 11 is 12.7. The molecule has 0 saturated carbocycles. The summed E-state index contributed by atoms with van der Waals surface area (Å²) in [6, 6.07) is 20.0. The first kappa shape index (κ1) is 28.1. The minimum atomic E-state index is -0.0773. The van der Waals surface area contributed by atoms with Gasteiger partial charge in [-0.3, -0.25) is 9.69 Å². The van der Waals surface area contributed by atoms with Crippen LogP contribution in [-0.2, 0) is 0 Å². The molecule has 6 heteroatoms. The third kappa shape index (κ3) is 6.34. The predicted molar refractivity (Wildman–Crippen MR) is 159 cm³/mol. The molecule has 39 heavy (non-hydrogen) atoms. The lowest BCUT2D eigenvalue weighted by molar-refractivity contribution is 0.0774. The Balaban J connectivity index is 1.31. The maximum absolute atomic E-state index is 14.5. The van der Waals surface area contributed by atoms with E-state index >= 15 is 0 Å². The molecule has 0 spiro atoms. The second kappa shape index (κ2) is 12.0. The monoisotopic (exact) mass is 566 g/mol. The number of carbonyl (C=O) groups excluding carboxylic acids is 1. The fourth-order valence-corrected chi connectivity index (χ4v) is 7.17. The van der Waals surface area contributed by atoms with Gasteiger partial charge in [0.2, 0.25) is 0 Å². The van der Waals surface area contributed by atoms with E-state index in [0.717, 1.165) is 66.5 Å². The van der Waals surface area contributed by atoms with Gasteiger partial charge in [-0.05, 0) is 99.9 Å². The number of hydrogen-bond donors (Lipinski definition) is 0. The van der Waals surface area contributed by atoms with Crippen LogP contribution in [-0.4, -0.2) is 47.9 Å². The Kier molecular flexibility index (Phi) is 8.66. The zero-order valence-electron chi connectivity index (χ0n) is 23.0. The van der Waals surface area contributed by atoms with Gasteiger partial charge in [-0.1, -0.05) is 64.7 Å². The maximum atomic E-state index is 14.5. The van der Waals surface area contributed by atoms with Gasteiger partial charge in [0, 0.05) is 37.2 Å². The molecule has 3 unspecified atom stereocenters. The van der Waals surface area contributed by atoms with Crippen LogP contribution in [0.25, 0.3) is 0 Å². The van der Waals surface area contributed by atoms with E-state index in [2.05, 4.69) is 11.0 Å². The summed E-state index contributed by atoms with van der Waals surface area (Å²) in [6.45, 7) is 5.57. The number of nitrogens with zero attached hydrogens (tertiary/aromatic N) is 2. The highest BCUT2D eigenvalue weighted by Crippen LogP contribution is 2.44. The molecule has 3 aromatic rings. The number of benzene rings is 3. The number of aryl methyl sites for hydroxylation is 2. The number of hydrogen-bond acceptors (Lipinski definition) is 2. The number of amides is 1. The van der Waals surface area contributed by atoms with E-state index in [-0.39, 0.29) is 23.6 Å². The second-order valence-electron chi connectivity index (χ2n) is 11.5. The van der Waals surface area contributed by atoms with E-state index in [4.69, 9.17) is 23.2 Å². The molecule has 0 aliphatic carbocycles. The summed E-state index contributed by atoms with van der Waals surface area (Å²) in [7, 11) is 1.88. The first-order valence-electron chi connectivity index (χ1n) is 14.0. The summed E-state index contributed by atoms with van der Waals surface area (Å²) in [5, 5.41) is 1.07. The molecule has 3 aromatic carbocycles. The van der Waals surface area contributed by atoms with Crippen LogP contribution in [0.3, 0.4) is 0 Å². The van der Waals surface area contributed by atoms with Crippen molar-refractivity contribution in [1.29, 1.82) is 0 Å². The minimum absolute atomic E-state index is 0.0256. The molecule has 2 heterocycles. The van der Waals surface area contributed by atoms with Crippen molar-refractivity contribution in [2.75, 3.05) is 20.1 Å². The molecule has 2 bridgehead atoms. The van der Waals surface area contributed by atoms with Crippen molar-refractivity contribution in [3.63, 3.8) is 0 Å². The Bertz CT molecular complexity index is 1310. The van der Waals surface area contributed by atoms with E-state index in [1.807, 2.05) is 68.3 Å².